The molecule has 10 N–H and O–H groups in total. The number of benzene rings is 4. The lowest BCUT2D eigenvalue weighted by atomic mass is 10.1. The Morgan fingerprint density at radius 2 is 0.660 bits per heavy atom. The SMILES string of the molecule is CCCCC(N)C(=O)OCC.CCOC(=O)C(C)N.CCOC(=O)C(C)NP(C)(=O)NC(C)C(=O)OCC.CCOC(=O)C(C)NP(C)(=O)O.CCOC(=O)C(C)NP(C)(=O)OCc1ccccc1.CP(=O)(O)OCc1ccccc1.CP(=O)(OCc1ccccc1)OCc1ccccc1. The van der Waals surface area contributed by atoms with Gasteiger partial charge in [-0.05, 0) is 105 Å². The van der Waals surface area contributed by atoms with Gasteiger partial charge < -0.3 is 67.8 Å². The highest BCUT2D eigenvalue weighted by Crippen LogP contribution is 2.45. The summed E-state index contributed by atoms with van der Waals surface area (Å²) in [6.45, 7) is 29.7. The number of hydrogen-bond acceptors (Lipinski definition) is 23. The molecule has 0 aliphatic heterocycles. The third-order valence-corrected chi connectivity index (χ3v) is 17.6. The van der Waals surface area contributed by atoms with Crippen LogP contribution in [0.4, 0.5) is 0 Å². The third kappa shape index (κ3) is 56.9. The minimum Gasteiger partial charge on any atom is -0.465 e. The van der Waals surface area contributed by atoms with E-state index in [4.69, 9.17) is 58.3 Å². The van der Waals surface area contributed by atoms with Gasteiger partial charge in [0.25, 0.3) is 15.0 Å². The minimum atomic E-state index is -3.35. The quantitative estimate of drug-likeness (QED) is 0.0120. The number of nitrogens with two attached hydrogens (primary N) is 2. The number of ether oxygens (including phenoxy) is 6. The molecule has 100 heavy (non-hydrogen) atoms. The van der Waals surface area contributed by atoms with Crippen LogP contribution in [0.3, 0.4) is 0 Å². The van der Waals surface area contributed by atoms with E-state index in [0.717, 1.165) is 48.2 Å². The van der Waals surface area contributed by atoms with E-state index in [1.165, 1.54) is 33.6 Å². The van der Waals surface area contributed by atoms with E-state index in [0.29, 0.717) is 33.0 Å². The molecular weight excluding hydrogens is 1400 g/mol. The van der Waals surface area contributed by atoms with E-state index in [9.17, 15) is 51.6 Å². The fourth-order valence-corrected chi connectivity index (χ4v) is 12.1. The zero-order valence-electron chi connectivity index (χ0n) is 61.1. The third-order valence-electron chi connectivity index (χ3n) is 11.7. The molecule has 0 aromatic heterocycles. The number of esters is 6. The maximum Gasteiger partial charge on any atom is 0.328 e. The number of carbonyl (C=O) groups is 6. The molecule has 4 aromatic carbocycles. The molecule has 0 amide bonds. The largest absolute Gasteiger partial charge is 0.465 e. The average Bonchev–Trinajstić information content (AvgIpc) is 0.979. The van der Waals surface area contributed by atoms with Gasteiger partial charge in [0.2, 0.25) is 7.44 Å². The van der Waals surface area contributed by atoms with Gasteiger partial charge in [-0.1, -0.05) is 141 Å². The summed E-state index contributed by atoms with van der Waals surface area (Å²) in [5.74, 6) is -2.56. The van der Waals surface area contributed by atoms with Gasteiger partial charge in [0.05, 0.1) is 66.1 Å². The molecule has 0 saturated carbocycles. The van der Waals surface area contributed by atoms with Crippen molar-refractivity contribution in [1.29, 1.82) is 0 Å². The monoisotopic (exact) mass is 1510 g/mol. The van der Waals surface area contributed by atoms with Gasteiger partial charge in [-0.15, -0.1) is 0 Å². The molecular formula is C66H113N6O23P5. The van der Waals surface area contributed by atoms with Crippen molar-refractivity contribution < 1.29 is 108 Å². The van der Waals surface area contributed by atoms with Gasteiger partial charge in [-0.2, -0.15) is 0 Å². The molecule has 0 aliphatic carbocycles. The number of hydrogen-bond donors (Lipinski definition) is 8. The van der Waals surface area contributed by atoms with Crippen LogP contribution in [0.5, 0.6) is 0 Å². The standard InChI is InChI=1S/C15H17O3P.C13H20NO4P.C11H23N2O5P.C8H17NO2.C8H11O3P.C6H14NO4P.C5H11NO2/c1-19(16,17-12-14-8-4-2-5-9-14)18-13-15-10-6-3-7-11-15;1-4-17-13(15)11(2)14-19(3,16)18-10-12-8-6-5-7-9-12;1-6-17-10(14)8(3)12-19(5,16)13-9(4)11(15)18-7-2;1-3-5-6-7(9)8(10)11-4-2;1-12(9,10)11-7-8-5-3-2-4-6-8;1-4-11-6(8)5(2)7-12(3,9)10;1-3-8-5(7)4(2)6/h2-11H,12-13H2,1H3;5-9,11H,4,10H2,1-3H3,(H,14,16);8-9H,6-7H2,1-5H3,(H2,12,13,16);7H,3-6,9H2,1-2H3;2-6H,7H2,1H3,(H,9,10);5H,4H2,1-3H3,(H2,7,9,10);4H,3,6H2,1-2H3. The van der Waals surface area contributed by atoms with Gasteiger partial charge >= 0.3 is 51.0 Å². The summed E-state index contributed by atoms with van der Waals surface area (Å²) >= 11 is 0. The second kappa shape index (κ2) is 55.9. The predicted octanol–water partition coefficient (Wildman–Crippen LogP) is 11.0. The minimum absolute atomic E-state index is 0.186. The molecule has 34 heteroatoms. The van der Waals surface area contributed by atoms with Crippen LogP contribution in [-0.2, 0) is 125 Å². The van der Waals surface area contributed by atoms with E-state index >= 15 is 0 Å². The molecule has 0 bridgehead atoms. The van der Waals surface area contributed by atoms with Crippen molar-refractivity contribution in [3.63, 3.8) is 0 Å². The van der Waals surface area contributed by atoms with Gasteiger partial charge in [-0.3, -0.25) is 51.6 Å². The van der Waals surface area contributed by atoms with Crippen molar-refractivity contribution in [2.75, 3.05) is 73.0 Å². The van der Waals surface area contributed by atoms with E-state index in [-0.39, 0.29) is 45.0 Å². The fourth-order valence-electron chi connectivity index (χ4n) is 6.98. The summed E-state index contributed by atoms with van der Waals surface area (Å²) in [4.78, 5) is 84.1. The van der Waals surface area contributed by atoms with Crippen molar-refractivity contribution in [3.05, 3.63) is 144 Å². The lowest BCUT2D eigenvalue weighted by molar-refractivity contribution is -0.145. The van der Waals surface area contributed by atoms with E-state index in [2.05, 4.69) is 36.7 Å². The normalized spacial score (nSPS) is 14.8. The zero-order valence-corrected chi connectivity index (χ0v) is 65.5. The Kier molecular flexibility index (Phi) is 55.1. The smallest absolute Gasteiger partial charge is 0.328 e. The Hall–Kier alpha value is -5.63. The van der Waals surface area contributed by atoms with Gasteiger partial charge in [0, 0.05) is 33.3 Å². The van der Waals surface area contributed by atoms with Crippen molar-refractivity contribution in [2.45, 2.75) is 165 Å². The van der Waals surface area contributed by atoms with Gasteiger partial charge in [0.1, 0.15) is 36.3 Å². The molecule has 0 saturated heterocycles. The van der Waals surface area contributed by atoms with E-state index in [1.54, 1.807) is 69.2 Å². The first-order valence-corrected chi connectivity index (χ1v) is 42.7. The molecule has 0 heterocycles. The Morgan fingerprint density at radius 1 is 0.390 bits per heavy atom. The average molecular weight is 1510 g/mol. The molecule has 0 aliphatic rings. The highest BCUT2D eigenvalue weighted by molar-refractivity contribution is 7.59. The Bertz CT molecular complexity index is 3040. The Balaban J connectivity index is -0.00000112. The van der Waals surface area contributed by atoms with Crippen LogP contribution < -0.4 is 31.8 Å². The predicted molar refractivity (Wildman–Crippen MR) is 388 cm³/mol. The molecule has 0 fully saturated rings. The summed E-state index contributed by atoms with van der Waals surface area (Å²) in [6.07, 6.45) is 2.78. The molecule has 4 aromatic rings. The summed E-state index contributed by atoms with van der Waals surface area (Å²) < 4.78 is 107. The summed E-state index contributed by atoms with van der Waals surface area (Å²) in [5.41, 5.74) is 14.4. The molecule has 9 unspecified atom stereocenters. The number of carbonyl (C=O) groups excluding carboxylic acids is 6. The summed E-state index contributed by atoms with van der Waals surface area (Å²) in [5, 5.41) is 10.2. The topological polar surface area (TPSA) is 421 Å². The highest BCUT2D eigenvalue weighted by atomic mass is 31.2. The van der Waals surface area contributed by atoms with E-state index in [1.807, 2.05) is 121 Å². The fraction of sp³-hybridized carbons (Fsp3) is 0.545. The van der Waals surface area contributed by atoms with Crippen LogP contribution in [0.2, 0.25) is 0 Å². The number of unbranched alkanes of at least 4 members (excludes halogenated alkanes) is 1. The van der Waals surface area contributed by atoms with Crippen molar-refractivity contribution >= 4 is 73.5 Å². The van der Waals surface area contributed by atoms with Crippen molar-refractivity contribution in [3.8, 4) is 0 Å². The summed E-state index contributed by atoms with van der Waals surface area (Å²) in [7, 11) is -15.8. The van der Waals surface area contributed by atoms with Crippen LogP contribution in [0.25, 0.3) is 0 Å². The maximum atomic E-state index is 12.2. The van der Waals surface area contributed by atoms with Crippen LogP contribution in [0.15, 0.2) is 121 Å². The van der Waals surface area contributed by atoms with Crippen LogP contribution >= 0.6 is 37.7 Å². The number of nitrogens with one attached hydrogen (secondary N) is 4. The maximum absolute atomic E-state index is 12.2. The molecule has 0 radical (unpaired) electrons. The Morgan fingerprint density at radius 3 is 0.930 bits per heavy atom. The van der Waals surface area contributed by atoms with Gasteiger partial charge in [0.15, 0.2) is 0 Å². The molecule has 570 valence electrons. The van der Waals surface area contributed by atoms with Crippen LogP contribution in [-0.4, -0.2) is 155 Å². The first kappa shape index (κ1) is 98.5. The molecule has 0 spiro atoms. The first-order valence-electron chi connectivity index (χ1n) is 32.4. The van der Waals surface area contributed by atoms with Gasteiger partial charge in [-0.25, -0.2) is 20.3 Å². The van der Waals surface area contributed by atoms with Crippen molar-refractivity contribution in [1.82, 2.24) is 20.3 Å². The number of rotatable bonds is 35. The van der Waals surface area contributed by atoms with Crippen LogP contribution in [0, 0.1) is 0 Å². The lowest BCUT2D eigenvalue weighted by Crippen LogP contribution is -2.41. The zero-order chi connectivity index (χ0) is 77.0. The van der Waals surface area contributed by atoms with Crippen molar-refractivity contribution in [2.24, 2.45) is 11.5 Å². The molecule has 9 atom stereocenters. The Labute approximate surface area is 592 Å². The van der Waals surface area contributed by atoms with Crippen LogP contribution in [0.1, 0.15) is 125 Å². The second-order valence-electron chi connectivity index (χ2n) is 21.7. The lowest BCUT2D eigenvalue weighted by Gasteiger charge is -2.23. The second-order valence-corrected chi connectivity index (χ2v) is 32.2. The summed E-state index contributed by atoms with van der Waals surface area (Å²) in [6, 6.07) is 34.2. The van der Waals surface area contributed by atoms with E-state index < -0.39 is 97.8 Å². The first-order chi connectivity index (χ1) is 46.7. The highest BCUT2D eigenvalue weighted by Gasteiger charge is 2.28. The molecule has 4 rings (SSSR count). The molecule has 29 nitrogen and oxygen atoms in total.